The summed E-state index contributed by atoms with van der Waals surface area (Å²) >= 11 is 3.63. The molecule has 0 fully saturated rings. The second kappa shape index (κ2) is 7.08. The molecule has 0 N–H and O–H groups in total. The van der Waals surface area contributed by atoms with Crippen molar-refractivity contribution >= 4 is 39.1 Å². The molecular weight excluding hydrogens is 372 g/mol. The number of aromatic nitrogens is 2. The molecule has 0 atom stereocenters. The maximum atomic E-state index is 4.85. The number of rotatable bonds is 4. The van der Waals surface area contributed by atoms with E-state index in [1.54, 1.807) is 0 Å². The van der Waals surface area contributed by atoms with E-state index in [2.05, 4.69) is 81.2 Å². The zero-order chi connectivity index (χ0) is 17.1. The molecule has 122 valence electrons. The Labute approximate surface area is 155 Å². The second-order valence-electron chi connectivity index (χ2n) is 5.89. The summed E-state index contributed by atoms with van der Waals surface area (Å²) in [5.74, 6) is 0.953. The Morgan fingerprint density at radius 1 is 0.800 bits per heavy atom. The normalized spacial score (nSPS) is 11.4. The fourth-order valence-electron chi connectivity index (χ4n) is 2.93. The summed E-state index contributed by atoms with van der Waals surface area (Å²) in [7, 11) is 0. The summed E-state index contributed by atoms with van der Waals surface area (Å²) in [4.78, 5) is 4.85. The first-order chi connectivity index (χ1) is 12.3. The van der Waals surface area contributed by atoms with E-state index in [0.717, 1.165) is 27.9 Å². The topological polar surface area (TPSA) is 17.8 Å². The van der Waals surface area contributed by atoms with Crippen molar-refractivity contribution in [2.45, 2.75) is 6.54 Å². The number of hydrogen-bond donors (Lipinski definition) is 0. The fraction of sp³-hybridized carbons (Fsp3) is 0.0455. The van der Waals surface area contributed by atoms with Crippen molar-refractivity contribution in [2.24, 2.45) is 0 Å². The van der Waals surface area contributed by atoms with Crippen LogP contribution in [0, 0.1) is 0 Å². The summed E-state index contributed by atoms with van der Waals surface area (Å²) in [6, 6.07) is 27.0. The molecule has 0 unspecified atom stereocenters. The lowest BCUT2D eigenvalue weighted by Gasteiger charge is -2.07. The molecule has 0 aliphatic carbocycles. The van der Waals surface area contributed by atoms with E-state index in [1.165, 1.54) is 11.1 Å². The van der Waals surface area contributed by atoms with Gasteiger partial charge in [0.2, 0.25) is 0 Å². The molecule has 4 rings (SSSR count). The molecule has 0 aliphatic rings. The number of benzene rings is 3. The van der Waals surface area contributed by atoms with Crippen molar-refractivity contribution in [3.63, 3.8) is 0 Å². The van der Waals surface area contributed by atoms with Gasteiger partial charge in [-0.3, -0.25) is 0 Å². The van der Waals surface area contributed by atoms with Crippen LogP contribution in [0.3, 0.4) is 0 Å². The van der Waals surface area contributed by atoms with E-state index in [9.17, 15) is 0 Å². The molecule has 1 heterocycles. The van der Waals surface area contributed by atoms with E-state index in [0.29, 0.717) is 0 Å². The zero-order valence-corrected chi connectivity index (χ0v) is 15.2. The van der Waals surface area contributed by atoms with Crippen LogP contribution in [0.4, 0.5) is 0 Å². The maximum absolute atomic E-state index is 4.85. The van der Waals surface area contributed by atoms with Crippen LogP contribution in [0.15, 0.2) is 83.3 Å². The Morgan fingerprint density at radius 2 is 1.52 bits per heavy atom. The Morgan fingerprint density at radius 3 is 2.28 bits per heavy atom. The number of nitrogens with zero attached hydrogens (tertiary/aromatic N) is 2. The van der Waals surface area contributed by atoms with Gasteiger partial charge in [-0.05, 0) is 45.3 Å². The van der Waals surface area contributed by atoms with Gasteiger partial charge in [0.25, 0.3) is 0 Å². The molecule has 0 aliphatic heterocycles. The van der Waals surface area contributed by atoms with E-state index < -0.39 is 0 Å². The summed E-state index contributed by atoms with van der Waals surface area (Å²) in [6.45, 7) is 0.794. The highest BCUT2D eigenvalue weighted by molar-refractivity contribution is 9.10. The van der Waals surface area contributed by atoms with Gasteiger partial charge < -0.3 is 4.57 Å². The lowest BCUT2D eigenvalue weighted by Crippen LogP contribution is -2.01. The molecular formula is C22H17BrN2. The standard InChI is InChI=1S/C22H17BrN2/c23-19-12-7-13-20-22(19)24-21(15-14-17-8-3-1-4-9-17)25(20)16-18-10-5-2-6-11-18/h1-15H,16H2. The molecule has 2 nitrogen and oxygen atoms in total. The van der Waals surface area contributed by atoms with Crippen molar-refractivity contribution in [3.05, 3.63) is 100 Å². The van der Waals surface area contributed by atoms with E-state index in [-0.39, 0.29) is 0 Å². The van der Waals surface area contributed by atoms with Crippen LogP contribution in [0.25, 0.3) is 23.2 Å². The van der Waals surface area contributed by atoms with Gasteiger partial charge in [0, 0.05) is 11.0 Å². The van der Waals surface area contributed by atoms with Crippen molar-refractivity contribution in [1.29, 1.82) is 0 Å². The summed E-state index contributed by atoms with van der Waals surface area (Å²) in [6.07, 6.45) is 4.20. The highest BCUT2D eigenvalue weighted by atomic mass is 79.9. The van der Waals surface area contributed by atoms with Gasteiger partial charge in [-0.15, -0.1) is 0 Å². The first-order valence-electron chi connectivity index (χ1n) is 8.23. The van der Waals surface area contributed by atoms with Crippen LogP contribution in [0.5, 0.6) is 0 Å². The van der Waals surface area contributed by atoms with Gasteiger partial charge in [-0.2, -0.15) is 0 Å². The molecule has 3 aromatic carbocycles. The Kier molecular flexibility index (Phi) is 4.49. The molecule has 0 radical (unpaired) electrons. The zero-order valence-electron chi connectivity index (χ0n) is 13.6. The third kappa shape index (κ3) is 3.42. The Bertz CT molecular complexity index is 1020. The van der Waals surface area contributed by atoms with Crippen molar-refractivity contribution in [1.82, 2.24) is 9.55 Å². The van der Waals surface area contributed by atoms with Crippen LogP contribution in [-0.4, -0.2) is 9.55 Å². The second-order valence-corrected chi connectivity index (χ2v) is 6.75. The third-order valence-corrected chi connectivity index (χ3v) is 4.81. The average molecular weight is 389 g/mol. The summed E-state index contributed by atoms with van der Waals surface area (Å²) in [5.41, 5.74) is 4.55. The number of fused-ring (bicyclic) bond motifs is 1. The third-order valence-electron chi connectivity index (χ3n) is 4.17. The van der Waals surface area contributed by atoms with Gasteiger partial charge in [-0.1, -0.05) is 72.8 Å². The largest absolute Gasteiger partial charge is 0.320 e. The molecule has 0 saturated carbocycles. The first-order valence-corrected chi connectivity index (χ1v) is 9.02. The molecule has 0 saturated heterocycles. The molecule has 0 spiro atoms. The lowest BCUT2D eigenvalue weighted by molar-refractivity contribution is 0.814. The SMILES string of the molecule is Brc1cccc2c1nc(C=Cc1ccccc1)n2Cc1ccccc1. The van der Waals surface area contributed by atoms with E-state index in [4.69, 9.17) is 4.98 Å². The van der Waals surface area contributed by atoms with E-state index in [1.807, 2.05) is 30.3 Å². The monoisotopic (exact) mass is 388 g/mol. The number of halogens is 1. The van der Waals surface area contributed by atoms with Crippen LogP contribution in [0.1, 0.15) is 17.0 Å². The van der Waals surface area contributed by atoms with Gasteiger partial charge in [-0.25, -0.2) is 4.98 Å². The highest BCUT2D eigenvalue weighted by Gasteiger charge is 2.11. The molecule has 4 aromatic rings. The van der Waals surface area contributed by atoms with Crippen LogP contribution in [-0.2, 0) is 6.54 Å². The lowest BCUT2D eigenvalue weighted by atomic mass is 10.2. The van der Waals surface area contributed by atoms with Crippen LogP contribution < -0.4 is 0 Å². The molecule has 3 heteroatoms. The molecule has 0 amide bonds. The fourth-order valence-corrected chi connectivity index (χ4v) is 3.37. The van der Waals surface area contributed by atoms with Crippen LogP contribution >= 0.6 is 15.9 Å². The number of imidazole rings is 1. The van der Waals surface area contributed by atoms with Crippen LogP contribution in [0.2, 0.25) is 0 Å². The maximum Gasteiger partial charge on any atom is 0.134 e. The minimum Gasteiger partial charge on any atom is -0.320 e. The van der Waals surface area contributed by atoms with Gasteiger partial charge in [0.05, 0.1) is 5.52 Å². The van der Waals surface area contributed by atoms with Crippen molar-refractivity contribution in [2.75, 3.05) is 0 Å². The van der Waals surface area contributed by atoms with E-state index >= 15 is 0 Å². The summed E-state index contributed by atoms with van der Waals surface area (Å²) < 4.78 is 3.28. The number of hydrogen-bond acceptors (Lipinski definition) is 1. The highest BCUT2D eigenvalue weighted by Crippen LogP contribution is 2.26. The average Bonchev–Trinajstić information content (AvgIpc) is 3.01. The molecule has 0 bridgehead atoms. The first kappa shape index (κ1) is 15.9. The minimum atomic E-state index is 0.794. The Hall–Kier alpha value is -2.65. The minimum absolute atomic E-state index is 0.794. The molecule has 1 aromatic heterocycles. The van der Waals surface area contributed by atoms with Gasteiger partial charge >= 0.3 is 0 Å². The van der Waals surface area contributed by atoms with Crippen molar-refractivity contribution < 1.29 is 0 Å². The predicted molar refractivity (Wildman–Crippen MR) is 108 cm³/mol. The molecule has 25 heavy (non-hydrogen) atoms. The smallest absolute Gasteiger partial charge is 0.134 e. The predicted octanol–water partition coefficient (Wildman–Crippen LogP) is 6.02. The Balaban J connectivity index is 1.81. The number of para-hydroxylation sites is 1. The van der Waals surface area contributed by atoms with Gasteiger partial charge in [0.15, 0.2) is 0 Å². The summed E-state index contributed by atoms with van der Waals surface area (Å²) in [5, 5.41) is 0. The van der Waals surface area contributed by atoms with Gasteiger partial charge in [0.1, 0.15) is 11.3 Å². The quantitative estimate of drug-likeness (QED) is 0.418. The van der Waals surface area contributed by atoms with Crippen molar-refractivity contribution in [3.8, 4) is 0 Å².